The summed E-state index contributed by atoms with van der Waals surface area (Å²) in [7, 11) is 6.12. The number of thiophene rings is 1. The maximum absolute atomic E-state index is 13.0. The van der Waals surface area contributed by atoms with Crippen LogP contribution < -0.4 is 20.8 Å². The Morgan fingerprint density at radius 1 is 1.15 bits per heavy atom. The van der Waals surface area contributed by atoms with E-state index in [2.05, 4.69) is 54.2 Å². The monoisotopic (exact) mass is 576 g/mol. The summed E-state index contributed by atoms with van der Waals surface area (Å²) >= 11 is 1.83. The summed E-state index contributed by atoms with van der Waals surface area (Å²) in [5.41, 5.74) is 4.44. The van der Waals surface area contributed by atoms with Crippen molar-refractivity contribution in [3.63, 3.8) is 0 Å². The van der Waals surface area contributed by atoms with E-state index in [4.69, 9.17) is 4.74 Å². The average molecular weight is 577 g/mol. The Labute approximate surface area is 241 Å². The second-order valence-corrected chi connectivity index (χ2v) is 12.2. The highest BCUT2D eigenvalue weighted by Gasteiger charge is 2.29. The zero-order valence-corrected chi connectivity index (χ0v) is 25.3. The molecule has 1 N–H and O–H groups in total. The van der Waals surface area contributed by atoms with Crippen molar-refractivity contribution in [2.45, 2.75) is 57.7 Å². The predicted octanol–water partition coefficient (Wildman–Crippen LogP) is 6.21. The molecule has 2 heterocycles. The van der Waals surface area contributed by atoms with Crippen molar-refractivity contribution in [1.82, 2.24) is 9.88 Å². The third kappa shape index (κ3) is 5.94. The van der Waals surface area contributed by atoms with Gasteiger partial charge in [-0.3, -0.25) is 9.59 Å². The molecule has 2 aromatic carbocycles. The number of nitrogens with one attached hydrogen (secondary N) is 1. The molecule has 0 radical (unpaired) electrons. The molecule has 0 spiro atoms. The Kier molecular flexibility index (Phi) is 9.17. The average Bonchev–Trinajstić information content (AvgIpc) is 3.73. The van der Waals surface area contributed by atoms with E-state index in [-0.39, 0.29) is 11.0 Å². The molecule has 2 aromatic heterocycles. The van der Waals surface area contributed by atoms with Crippen molar-refractivity contribution in [3.05, 3.63) is 80.5 Å². The lowest BCUT2D eigenvalue weighted by Crippen LogP contribution is -2.24. The van der Waals surface area contributed by atoms with Gasteiger partial charge in [-0.1, -0.05) is 24.3 Å². The van der Waals surface area contributed by atoms with Gasteiger partial charge in [0, 0.05) is 53.9 Å². The molecule has 1 fully saturated rings. The van der Waals surface area contributed by atoms with Gasteiger partial charge in [0.1, 0.15) is 0 Å². The lowest BCUT2D eigenvalue weighted by molar-refractivity contribution is 0.112. The molecule has 0 saturated heterocycles. The van der Waals surface area contributed by atoms with Crippen LogP contribution in [0.1, 0.15) is 71.1 Å². The van der Waals surface area contributed by atoms with Crippen molar-refractivity contribution in [1.29, 1.82) is 0 Å². The number of aromatic nitrogens is 1. The molecule has 2 unspecified atom stereocenters. The van der Waals surface area contributed by atoms with Crippen LogP contribution in [0.3, 0.4) is 0 Å². The van der Waals surface area contributed by atoms with Crippen molar-refractivity contribution in [2.75, 3.05) is 20.8 Å². The standard InChI is InChI=1S/C29H29N2O3PS.C3H8O/c1-34-29-21(10-11-22-27(29)31(19-8-9-19)15-18(16-32)28(22)33)26-13-23-24(6-3-7-25(23)36-26)30-14-17-4-2-5-20(35)12-17;1-3-4-2/h2,4-5,10-13,15-16,19,24,30H,3,6-9,14,35H2,1H3;3H2,1-2H3. The van der Waals surface area contributed by atoms with Gasteiger partial charge >= 0.3 is 0 Å². The van der Waals surface area contributed by atoms with Gasteiger partial charge in [-0.05, 0) is 73.7 Å². The van der Waals surface area contributed by atoms with Gasteiger partial charge in [-0.2, -0.15) is 0 Å². The van der Waals surface area contributed by atoms with Crippen molar-refractivity contribution in [2.24, 2.45) is 0 Å². The quantitative estimate of drug-likeness (QED) is 0.200. The first kappa shape index (κ1) is 28.7. The number of hydrogen-bond donors (Lipinski definition) is 1. The lowest BCUT2D eigenvalue weighted by Gasteiger charge is -2.24. The summed E-state index contributed by atoms with van der Waals surface area (Å²) in [4.78, 5) is 27.1. The smallest absolute Gasteiger partial charge is 0.200 e. The topological polar surface area (TPSA) is 69.6 Å². The van der Waals surface area contributed by atoms with Gasteiger partial charge in [-0.15, -0.1) is 20.6 Å². The van der Waals surface area contributed by atoms with E-state index in [9.17, 15) is 9.59 Å². The number of aldehydes is 1. The number of benzene rings is 2. The Balaban J connectivity index is 0.000000758. The number of nitrogens with zero attached hydrogens (tertiary/aromatic N) is 1. The van der Waals surface area contributed by atoms with Gasteiger partial charge < -0.3 is 19.4 Å². The number of hydrogen-bond acceptors (Lipinski definition) is 6. The molecule has 0 bridgehead atoms. The Morgan fingerprint density at radius 2 is 1.95 bits per heavy atom. The summed E-state index contributed by atoms with van der Waals surface area (Å²) in [6, 6.07) is 15.3. The first-order valence-electron chi connectivity index (χ1n) is 13.9. The van der Waals surface area contributed by atoms with Crippen LogP contribution >= 0.6 is 20.6 Å². The van der Waals surface area contributed by atoms with E-state index in [0.717, 1.165) is 54.8 Å². The maximum Gasteiger partial charge on any atom is 0.200 e. The third-order valence-corrected chi connectivity index (χ3v) is 9.22. The Hall–Kier alpha value is -2.83. The zero-order valence-electron chi connectivity index (χ0n) is 23.4. The largest absolute Gasteiger partial charge is 0.494 e. The van der Waals surface area contributed by atoms with E-state index >= 15 is 0 Å². The molecule has 8 heteroatoms. The summed E-state index contributed by atoms with van der Waals surface area (Å²) in [5, 5.41) is 5.53. The van der Waals surface area contributed by atoms with Crippen LogP contribution in [0.25, 0.3) is 21.3 Å². The number of carbonyl (C=O) groups is 1. The van der Waals surface area contributed by atoms with Crippen LogP contribution in [0.15, 0.2) is 53.5 Å². The lowest BCUT2D eigenvalue weighted by atomic mass is 9.93. The van der Waals surface area contributed by atoms with Gasteiger partial charge in [0.05, 0.1) is 23.6 Å². The van der Waals surface area contributed by atoms with Crippen molar-refractivity contribution >= 4 is 43.1 Å². The summed E-state index contributed by atoms with van der Waals surface area (Å²) in [6.45, 7) is 3.61. The summed E-state index contributed by atoms with van der Waals surface area (Å²) in [6.07, 6.45) is 7.84. The van der Waals surface area contributed by atoms with E-state index < -0.39 is 0 Å². The second kappa shape index (κ2) is 12.8. The SMILES string of the molecule is CCOC.COc1c(-c2cc3c(s2)CCCC3NCc2cccc(P)c2)ccc2c(=O)c(C=O)cn(C3CC3)c12. The van der Waals surface area contributed by atoms with Crippen LogP contribution in [-0.4, -0.2) is 31.7 Å². The summed E-state index contributed by atoms with van der Waals surface area (Å²) < 4.78 is 12.6. The van der Waals surface area contributed by atoms with Gasteiger partial charge in [0.15, 0.2) is 17.5 Å². The number of fused-ring (bicyclic) bond motifs is 2. The molecule has 0 amide bonds. The number of rotatable bonds is 8. The minimum absolute atomic E-state index is 0.205. The minimum Gasteiger partial charge on any atom is -0.494 e. The van der Waals surface area contributed by atoms with E-state index in [1.54, 1.807) is 20.4 Å². The second-order valence-electron chi connectivity index (χ2n) is 10.3. The highest BCUT2D eigenvalue weighted by molar-refractivity contribution is 7.27. The maximum atomic E-state index is 13.0. The fourth-order valence-corrected chi connectivity index (χ4v) is 7.02. The fourth-order valence-electron chi connectivity index (χ4n) is 5.41. The molecular weight excluding hydrogens is 539 g/mol. The molecule has 2 atom stereocenters. The first-order valence-corrected chi connectivity index (χ1v) is 15.3. The van der Waals surface area contributed by atoms with E-state index in [1.807, 2.05) is 30.4 Å². The number of carbonyl (C=O) groups excluding carboxylic acids is 1. The Bertz CT molecular complexity index is 1570. The fraction of sp³-hybridized carbons (Fsp3) is 0.375. The van der Waals surface area contributed by atoms with Gasteiger partial charge in [0.2, 0.25) is 0 Å². The molecule has 40 heavy (non-hydrogen) atoms. The van der Waals surface area contributed by atoms with Crippen LogP contribution in [0.2, 0.25) is 0 Å². The molecule has 0 aliphatic heterocycles. The molecule has 2 aliphatic carbocycles. The van der Waals surface area contributed by atoms with Crippen LogP contribution in [-0.2, 0) is 17.7 Å². The molecule has 4 aromatic rings. The van der Waals surface area contributed by atoms with Crippen molar-refractivity contribution < 1.29 is 14.3 Å². The van der Waals surface area contributed by atoms with Crippen LogP contribution in [0, 0.1) is 0 Å². The summed E-state index contributed by atoms with van der Waals surface area (Å²) in [5.74, 6) is 0.717. The molecular formula is C32H37N2O4PS. The molecule has 210 valence electrons. The highest BCUT2D eigenvalue weighted by atomic mass is 32.1. The normalized spacial score (nSPS) is 16.2. The Morgan fingerprint density at radius 3 is 2.62 bits per heavy atom. The number of aryl methyl sites for hydroxylation is 1. The van der Waals surface area contributed by atoms with Crippen LogP contribution in [0.5, 0.6) is 5.75 Å². The van der Waals surface area contributed by atoms with E-state index in [1.165, 1.54) is 27.7 Å². The molecule has 6 rings (SSSR count). The molecule has 6 nitrogen and oxygen atoms in total. The van der Waals surface area contributed by atoms with Gasteiger partial charge in [-0.25, -0.2) is 0 Å². The first-order chi connectivity index (χ1) is 19.5. The highest BCUT2D eigenvalue weighted by Crippen LogP contribution is 2.46. The zero-order chi connectivity index (χ0) is 28.2. The number of ether oxygens (including phenoxy) is 2. The minimum atomic E-state index is -0.231. The molecule has 1 saturated carbocycles. The number of methoxy groups -OCH3 is 2. The predicted molar refractivity (Wildman–Crippen MR) is 168 cm³/mol. The van der Waals surface area contributed by atoms with Gasteiger partial charge in [0.25, 0.3) is 0 Å². The number of pyridine rings is 1. The van der Waals surface area contributed by atoms with E-state index in [0.29, 0.717) is 29.5 Å². The van der Waals surface area contributed by atoms with Crippen molar-refractivity contribution in [3.8, 4) is 16.2 Å². The van der Waals surface area contributed by atoms with Crippen LogP contribution in [0.4, 0.5) is 0 Å². The third-order valence-electron chi connectivity index (χ3n) is 7.62. The molecule has 2 aliphatic rings.